The number of aromatic nitrogens is 2. The smallest absolute Gasteiger partial charge is 0.233 e. The molecule has 19 heavy (non-hydrogen) atoms. The van der Waals surface area contributed by atoms with Crippen LogP contribution in [0.5, 0.6) is 0 Å². The van der Waals surface area contributed by atoms with Crippen LogP contribution in [0, 0.1) is 0 Å². The predicted molar refractivity (Wildman–Crippen MR) is 77.4 cm³/mol. The van der Waals surface area contributed by atoms with Gasteiger partial charge < -0.3 is 5.32 Å². The molecule has 0 saturated heterocycles. The number of halogens is 1. The number of nitrogens with zero attached hydrogens (tertiary/aromatic N) is 3. The molecule has 102 valence electrons. The van der Waals surface area contributed by atoms with Crippen LogP contribution in [0.25, 0.3) is 10.2 Å². The SMILES string of the molecule is CCN(CC(=O)NC)Cc1nc(Cl)c2ccsc2n1. The van der Waals surface area contributed by atoms with Crippen LogP contribution >= 0.6 is 22.9 Å². The zero-order valence-electron chi connectivity index (χ0n) is 10.8. The Morgan fingerprint density at radius 3 is 3.00 bits per heavy atom. The Bertz CT molecular complexity index is 586. The van der Waals surface area contributed by atoms with E-state index in [1.165, 1.54) is 11.3 Å². The van der Waals surface area contributed by atoms with E-state index in [2.05, 4.69) is 15.3 Å². The quantitative estimate of drug-likeness (QED) is 0.857. The summed E-state index contributed by atoms with van der Waals surface area (Å²) in [6, 6.07) is 1.91. The van der Waals surface area contributed by atoms with Crippen molar-refractivity contribution in [1.29, 1.82) is 0 Å². The van der Waals surface area contributed by atoms with Gasteiger partial charge in [0.2, 0.25) is 5.91 Å². The monoisotopic (exact) mass is 298 g/mol. The second-order valence-corrected chi connectivity index (χ2v) is 5.30. The number of nitrogens with one attached hydrogen (secondary N) is 1. The average molecular weight is 299 g/mol. The zero-order valence-corrected chi connectivity index (χ0v) is 12.4. The predicted octanol–water partition coefficient (Wildman–Crippen LogP) is 1.91. The van der Waals surface area contributed by atoms with Gasteiger partial charge in [-0.05, 0) is 18.0 Å². The van der Waals surface area contributed by atoms with E-state index in [9.17, 15) is 4.79 Å². The van der Waals surface area contributed by atoms with Crippen molar-refractivity contribution in [2.24, 2.45) is 0 Å². The molecule has 0 aliphatic heterocycles. The second kappa shape index (κ2) is 6.27. The van der Waals surface area contributed by atoms with Gasteiger partial charge in [0.25, 0.3) is 0 Å². The van der Waals surface area contributed by atoms with Crippen molar-refractivity contribution in [2.75, 3.05) is 20.1 Å². The van der Waals surface area contributed by atoms with E-state index < -0.39 is 0 Å². The Labute approximate surface area is 120 Å². The van der Waals surface area contributed by atoms with Crippen molar-refractivity contribution in [3.63, 3.8) is 0 Å². The lowest BCUT2D eigenvalue weighted by atomic mass is 10.4. The second-order valence-electron chi connectivity index (χ2n) is 4.05. The normalized spacial score (nSPS) is 11.2. The van der Waals surface area contributed by atoms with Crippen molar-refractivity contribution in [3.05, 3.63) is 22.4 Å². The molecule has 0 aromatic carbocycles. The fourth-order valence-electron chi connectivity index (χ4n) is 1.69. The number of fused-ring (bicyclic) bond motifs is 1. The molecule has 2 aromatic rings. The van der Waals surface area contributed by atoms with Gasteiger partial charge in [0.05, 0.1) is 13.1 Å². The van der Waals surface area contributed by atoms with Crippen molar-refractivity contribution in [1.82, 2.24) is 20.2 Å². The van der Waals surface area contributed by atoms with Gasteiger partial charge in [0.1, 0.15) is 15.8 Å². The van der Waals surface area contributed by atoms with E-state index in [0.29, 0.717) is 24.1 Å². The minimum Gasteiger partial charge on any atom is -0.358 e. The van der Waals surface area contributed by atoms with Gasteiger partial charge in [-0.1, -0.05) is 18.5 Å². The van der Waals surface area contributed by atoms with Crippen LogP contribution in [0.2, 0.25) is 5.15 Å². The first-order valence-electron chi connectivity index (χ1n) is 5.96. The molecule has 2 aromatic heterocycles. The van der Waals surface area contributed by atoms with Gasteiger partial charge in [0.15, 0.2) is 0 Å². The van der Waals surface area contributed by atoms with Crippen LogP contribution in [0.1, 0.15) is 12.7 Å². The lowest BCUT2D eigenvalue weighted by Crippen LogP contribution is -2.35. The lowest BCUT2D eigenvalue weighted by Gasteiger charge is -2.18. The standard InChI is InChI=1S/C12H15ClN4OS/c1-3-17(7-10(18)14-2)6-9-15-11(13)8-4-5-19-12(8)16-9/h4-5H,3,6-7H2,1-2H3,(H,14,18). The van der Waals surface area contributed by atoms with Crippen LogP contribution in [-0.2, 0) is 11.3 Å². The molecule has 0 radical (unpaired) electrons. The van der Waals surface area contributed by atoms with Crippen molar-refractivity contribution >= 4 is 39.1 Å². The number of carbonyl (C=O) groups is 1. The number of hydrogen-bond donors (Lipinski definition) is 1. The number of thiophene rings is 1. The average Bonchev–Trinajstić information content (AvgIpc) is 2.86. The molecule has 1 amide bonds. The van der Waals surface area contributed by atoms with Gasteiger partial charge in [-0.15, -0.1) is 11.3 Å². The number of rotatable bonds is 5. The molecule has 1 N–H and O–H groups in total. The molecule has 0 fully saturated rings. The van der Waals surface area contributed by atoms with Crippen LogP contribution in [-0.4, -0.2) is 40.9 Å². The van der Waals surface area contributed by atoms with Crippen molar-refractivity contribution in [2.45, 2.75) is 13.5 Å². The first kappa shape index (κ1) is 14.2. The van der Waals surface area contributed by atoms with Gasteiger partial charge in [0, 0.05) is 12.4 Å². The van der Waals surface area contributed by atoms with E-state index in [1.807, 2.05) is 23.3 Å². The molecule has 0 atom stereocenters. The minimum absolute atomic E-state index is 0.0230. The summed E-state index contributed by atoms with van der Waals surface area (Å²) in [6.07, 6.45) is 0. The van der Waals surface area contributed by atoms with Crippen molar-refractivity contribution in [3.8, 4) is 0 Å². The topological polar surface area (TPSA) is 58.1 Å². The maximum atomic E-state index is 11.4. The first-order valence-corrected chi connectivity index (χ1v) is 7.22. The number of hydrogen-bond acceptors (Lipinski definition) is 5. The summed E-state index contributed by atoms with van der Waals surface area (Å²) in [5.74, 6) is 0.621. The molecule has 2 heterocycles. The Kier molecular flexibility index (Phi) is 4.68. The maximum absolute atomic E-state index is 11.4. The molecular weight excluding hydrogens is 284 g/mol. The fourth-order valence-corrected chi connectivity index (χ4v) is 2.78. The molecule has 0 aliphatic carbocycles. The van der Waals surface area contributed by atoms with E-state index in [-0.39, 0.29) is 5.91 Å². The Hall–Kier alpha value is -1.24. The molecule has 0 unspecified atom stereocenters. The molecule has 7 heteroatoms. The number of amides is 1. The molecule has 5 nitrogen and oxygen atoms in total. The first-order chi connectivity index (χ1) is 9.13. The maximum Gasteiger partial charge on any atom is 0.233 e. The molecule has 0 bridgehead atoms. The van der Waals surface area contributed by atoms with Crippen LogP contribution in [0.4, 0.5) is 0 Å². The summed E-state index contributed by atoms with van der Waals surface area (Å²) in [5, 5.41) is 5.90. The molecule has 0 aliphatic rings. The highest BCUT2D eigenvalue weighted by Gasteiger charge is 2.12. The van der Waals surface area contributed by atoms with Crippen molar-refractivity contribution < 1.29 is 4.79 Å². The summed E-state index contributed by atoms with van der Waals surface area (Å²) in [7, 11) is 1.63. The van der Waals surface area contributed by atoms with Crippen LogP contribution in [0.3, 0.4) is 0 Å². The molecular formula is C12H15ClN4OS. The summed E-state index contributed by atoms with van der Waals surface area (Å²) in [6.45, 7) is 3.58. The molecule has 0 saturated carbocycles. The molecule has 0 spiro atoms. The van der Waals surface area contributed by atoms with Crippen LogP contribution < -0.4 is 5.32 Å². The Morgan fingerprint density at radius 1 is 1.53 bits per heavy atom. The highest BCUT2D eigenvalue weighted by atomic mass is 35.5. The summed E-state index contributed by atoms with van der Waals surface area (Å²) >= 11 is 7.66. The minimum atomic E-state index is -0.0230. The Morgan fingerprint density at radius 2 is 2.32 bits per heavy atom. The number of carbonyl (C=O) groups excluding carboxylic acids is 1. The summed E-state index contributed by atoms with van der Waals surface area (Å²) < 4.78 is 0. The summed E-state index contributed by atoms with van der Waals surface area (Å²) in [5.41, 5.74) is 0. The van der Waals surface area contributed by atoms with Gasteiger partial charge in [-0.2, -0.15) is 0 Å². The fraction of sp³-hybridized carbons (Fsp3) is 0.417. The summed E-state index contributed by atoms with van der Waals surface area (Å²) in [4.78, 5) is 23.0. The third kappa shape index (κ3) is 3.40. The third-order valence-electron chi connectivity index (χ3n) is 2.78. The Balaban J connectivity index is 2.17. The van der Waals surface area contributed by atoms with Gasteiger partial charge >= 0.3 is 0 Å². The highest BCUT2D eigenvalue weighted by molar-refractivity contribution is 7.16. The van der Waals surface area contributed by atoms with E-state index in [0.717, 1.165) is 16.8 Å². The largest absolute Gasteiger partial charge is 0.358 e. The van der Waals surface area contributed by atoms with Crippen LogP contribution in [0.15, 0.2) is 11.4 Å². The van der Waals surface area contributed by atoms with E-state index >= 15 is 0 Å². The van der Waals surface area contributed by atoms with Gasteiger partial charge in [-0.3, -0.25) is 9.69 Å². The zero-order chi connectivity index (χ0) is 13.8. The lowest BCUT2D eigenvalue weighted by molar-refractivity contribution is -0.121. The third-order valence-corrected chi connectivity index (χ3v) is 3.88. The number of likely N-dealkylation sites (N-methyl/N-ethyl adjacent to an activating group) is 2. The highest BCUT2D eigenvalue weighted by Crippen LogP contribution is 2.24. The van der Waals surface area contributed by atoms with E-state index in [1.54, 1.807) is 7.05 Å². The molecule has 2 rings (SSSR count). The van der Waals surface area contributed by atoms with Gasteiger partial charge in [-0.25, -0.2) is 9.97 Å². The van der Waals surface area contributed by atoms with E-state index in [4.69, 9.17) is 11.6 Å².